The standard InChI is InChI=1S/C15H17N3O/c19-14(18-9-6-13-16-10-11-17-13)15(7-8-15)12-4-2-1-3-5-12/h1-5,10-11H,6-9H2,(H,16,17)(H,18,19). The number of hydrogen-bond donors (Lipinski definition) is 2. The van der Waals surface area contributed by atoms with Gasteiger partial charge < -0.3 is 10.3 Å². The van der Waals surface area contributed by atoms with Crippen LogP contribution in [0.4, 0.5) is 0 Å². The van der Waals surface area contributed by atoms with Gasteiger partial charge in [0.1, 0.15) is 5.82 Å². The number of benzene rings is 1. The second-order valence-corrected chi connectivity index (χ2v) is 4.99. The summed E-state index contributed by atoms with van der Waals surface area (Å²) in [6, 6.07) is 10.0. The van der Waals surface area contributed by atoms with Crippen molar-refractivity contribution in [2.24, 2.45) is 0 Å². The Morgan fingerprint density at radius 3 is 2.74 bits per heavy atom. The lowest BCUT2D eigenvalue weighted by Crippen LogP contribution is -2.36. The summed E-state index contributed by atoms with van der Waals surface area (Å²) >= 11 is 0. The molecule has 98 valence electrons. The summed E-state index contributed by atoms with van der Waals surface area (Å²) in [5, 5.41) is 3.02. The molecule has 4 heteroatoms. The molecule has 0 atom stereocenters. The largest absolute Gasteiger partial charge is 0.355 e. The van der Waals surface area contributed by atoms with Crippen molar-refractivity contribution >= 4 is 5.91 Å². The molecule has 19 heavy (non-hydrogen) atoms. The molecule has 1 fully saturated rings. The first-order valence-corrected chi connectivity index (χ1v) is 6.63. The predicted molar refractivity (Wildman–Crippen MR) is 72.7 cm³/mol. The number of carbonyl (C=O) groups is 1. The molecular formula is C15H17N3O. The van der Waals surface area contributed by atoms with E-state index >= 15 is 0 Å². The lowest BCUT2D eigenvalue weighted by atomic mass is 9.95. The molecule has 0 bridgehead atoms. The van der Waals surface area contributed by atoms with Crippen molar-refractivity contribution in [3.8, 4) is 0 Å². The highest BCUT2D eigenvalue weighted by Gasteiger charge is 2.50. The molecule has 0 unspecified atom stereocenters. The maximum absolute atomic E-state index is 12.3. The van der Waals surface area contributed by atoms with Gasteiger partial charge in [-0.15, -0.1) is 0 Å². The Labute approximate surface area is 112 Å². The molecule has 1 amide bonds. The van der Waals surface area contributed by atoms with Gasteiger partial charge in [-0.3, -0.25) is 4.79 Å². The highest BCUT2D eigenvalue weighted by Crippen LogP contribution is 2.48. The van der Waals surface area contributed by atoms with Crippen LogP contribution in [0.25, 0.3) is 0 Å². The fourth-order valence-corrected chi connectivity index (χ4v) is 2.43. The fraction of sp³-hybridized carbons (Fsp3) is 0.333. The molecule has 1 aromatic carbocycles. The lowest BCUT2D eigenvalue weighted by Gasteiger charge is -2.15. The molecule has 1 heterocycles. The molecule has 2 N–H and O–H groups in total. The summed E-state index contributed by atoms with van der Waals surface area (Å²) in [4.78, 5) is 19.5. The zero-order valence-electron chi connectivity index (χ0n) is 10.7. The summed E-state index contributed by atoms with van der Waals surface area (Å²) in [7, 11) is 0. The van der Waals surface area contributed by atoms with Crippen LogP contribution >= 0.6 is 0 Å². The highest BCUT2D eigenvalue weighted by molar-refractivity contribution is 5.91. The van der Waals surface area contributed by atoms with Crippen molar-refractivity contribution in [1.29, 1.82) is 0 Å². The van der Waals surface area contributed by atoms with Crippen LogP contribution in [0.3, 0.4) is 0 Å². The summed E-state index contributed by atoms with van der Waals surface area (Å²) in [5.74, 6) is 1.05. The van der Waals surface area contributed by atoms with Crippen LogP contribution in [0.5, 0.6) is 0 Å². The third kappa shape index (κ3) is 2.38. The SMILES string of the molecule is O=C(NCCc1ncc[nH]1)C1(c2ccccc2)CC1. The van der Waals surface area contributed by atoms with E-state index in [1.807, 2.05) is 30.3 Å². The number of rotatable bonds is 5. The second-order valence-electron chi connectivity index (χ2n) is 4.99. The van der Waals surface area contributed by atoms with Crippen LogP contribution in [0.1, 0.15) is 24.2 Å². The molecular weight excluding hydrogens is 238 g/mol. The van der Waals surface area contributed by atoms with Gasteiger partial charge in [-0.25, -0.2) is 4.98 Å². The molecule has 1 aromatic heterocycles. The van der Waals surface area contributed by atoms with Crippen molar-refractivity contribution < 1.29 is 4.79 Å². The molecule has 0 radical (unpaired) electrons. The average molecular weight is 255 g/mol. The van der Waals surface area contributed by atoms with E-state index in [2.05, 4.69) is 15.3 Å². The van der Waals surface area contributed by atoms with Gasteiger partial charge in [0.25, 0.3) is 0 Å². The summed E-state index contributed by atoms with van der Waals surface area (Å²) in [5.41, 5.74) is 0.857. The smallest absolute Gasteiger partial charge is 0.230 e. The highest BCUT2D eigenvalue weighted by atomic mass is 16.2. The minimum absolute atomic E-state index is 0.144. The van der Waals surface area contributed by atoms with Crippen LogP contribution < -0.4 is 5.32 Å². The van der Waals surface area contributed by atoms with Crippen molar-refractivity contribution in [3.63, 3.8) is 0 Å². The minimum atomic E-state index is -0.273. The number of nitrogens with zero attached hydrogens (tertiary/aromatic N) is 1. The minimum Gasteiger partial charge on any atom is -0.355 e. The van der Waals surface area contributed by atoms with Crippen molar-refractivity contribution in [2.45, 2.75) is 24.7 Å². The molecule has 1 saturated carbocycles. The maximum Gasteiger partial charge on any atom is 0.230 e. The van der Waals surface area contributed by atoms with Crippen LogP contribution in [0.2, 0.25) is 0 Å². The normalized spacial score (nSPS) is 16.0. The van der Waals surface area contributed by atoms with Gasteiger partial charge in [-0.2, -0.15) is 0 Å². The molecule has 0 saturated heterocycles. The van der Waals surface area contributed by atoms with E-state index in [9.17, 15) is 4.79 Å². The summed E-state index contributed by atoms with van der Waals surface area (Å²) in [6.07, 6.45) is 6.16. The van der Waals surface area contributed by atoms with Gasteiger partial charge in [-0.1, -0.05) is 30.3 Å². The van der Waals surface area contributed by atoms with Crippen LogP contribution in [-0.2, 0) is 16.6 Å². The number of imidazole rings is 1. The molecule has 1 aliphatic rings. The van der Waals surface area contributed by atoms with Crippen LogP contribution in [0.15, 0.2) is 42.7 Å². The predicted octanol–water partition coefficient (Wildman–Crippen LogP) is 1.80. The quantitative estimate of drug-likeness (QED) is 0.856. The van der Waals surface area contributed by atoms with Gasteiger partial charge in [-0.05, 0) is 18.4 Å². The van der Waals surface area contributed by atoms with Gasteiger partial charge in [0, 0.05) is 25.4 Å². The van der Waals surface area contributed by atoms with Crippen LogP contribution in [-0.4, -0.2) is 22.4 Å². The Morgan fingerprint density at radius 1 is 1.32 bits per heavy atom. The van der Waals surface area contributed by atoms with Crippen molar-refractivity contribution in [1.82, 2.24) is 15.3 Å². The number of H-pyrrole nitrogens is 1. The number of amides is 1. The van der Waals surface area contributed by atoms with Gasteiger partial charge >= 0.3 is 0 Å². The van der Waals surface area contributed by atoms with E-state index in [1.54, 1.807) is 12.4 Å². The first-order valence-electron chi connectivity index (χ1n) is 6.63. The fourth-order valence-electron chi connectivity index (χ4n) is 2.43. The van der Waals surface area contributed by atoms with E-state index in [0.717, 1.165) is 30.7 Å². The Kier molecular flexibility index (Phi) is 3.07. The average Bonchev–Trinajstić information content (AvgIpc) is 3.11. The van der Waals surface area contributed by atoms with Gasteiger partial charge in [0.15, 0.2) is 0 Å². The van der Waals surface area contributed by atoms with E-state index in [4.69, 9.17) is 0 Å². The molecule has 0 aliphatic heterocycles. The zero-order valence-corrected chi connectivity index (χ0v) is 10.7. The third-order valence-electron chi connectivity index (χ3n) is 3.71. The monoisotopic (exact) mass is 255 g/mol. The molecule has 3 rings (SSSR count). The Balaban J connectivity index is 1.59. The zero-order chi connectivity index (χ0) is 13.1. The maximum atomic E-state index is 12.3. The number of carbonyl (C=O) groups excluding carboxylic acids is 1. The van der Waals surface area contributed by atoms with Crippen molar-refractivity contribution in [3.05, 3.63) is 54.1 Å². The second kappa shape index (κ2) is 4.88. The van der Waals surface area contributed by atoms with Crippen molar-refractivity contribution in [2.75, 3.05) is 6.54 Å². The molecule has 4 nitrogen and oxygen atoms in total. The van der Waals surface area contributed by atoms with E-state index in [0.29, 0.717) is 6.54 Å². The Bertz CT molecular complexity index is 544. The van der Waals surface area contributed by atoms with Gasteiger partial charge in [0.05, 0.1) is 5.41 Å². The van der Waals surface area contributed by atoms with Gasteiger partial charge in [0.2, 0.25) is 5.91 Å². The molecule has 0 spiro atoms. The first-order chi connectivity index (χ1) is 9.31. The Morgan fingerprint density at radius 2 is 2.11 bits per heavy atom. The number of aromatic amines is 1. The number of nitrogens with one attached hydrogen (secondary N) is 2. The van der Waals surface area contributed by atoms with E-state index in [-0.39, 0.29) is 11.3 Å². The Hall–Kier alpha value is -2.10. The summed E-state index contributed by atoms with van der Waals surface area (Å²) < 4.78 is 0. The number of hydrogen-bond acceptors (Lipinski definition) is 2. The van der Waals surface area contributed by atoms with Crippen LogP contribution in [0, 0.1) is 0 Å². The molecule has 2 aromatic rings. The number of aromatic nitrogens is 2. The lowest BCUT2D eigenvalue weighted by molar-refractivity contribution is -0.123. The third-order valence-corrected chi connectivity index (χ3v) is 3.71. The first kappa shape index (κ1) is 12.0. The van der Waals surface area contributed by atoms with E-state index < -0.39 is 0 Å². The molecule has 1 aliphatic carbocycles. The van der Waals surface area contributed by atoms with E-state index in [1.165, 1.54) is 0 Å². The topological polar surface area (TPSA) is 57.8 Å². The summed E-state index contributed by atoms with van der Waals surface area (Å²) in [6.45, 7) is 0.626.